The van der Waals surface area contributed by atoms with Gasteiger partial charge in [0, 0.05) is 59.9 Å². The van der Waals surface area contributed by atoms with Crippen molar-refractivity contribution in [3.05, 3.63) is 94.6 Å². The lowest BCUT2D eigenvalue weighted by Gasteiger charge is -2.28. The predicted molar refractivity (Wildman–Crippen MR) is 202 cm³/mol. The number of hydrogen-bond acceptors (Lipinski definition) is 6. The summed E-state index contributed by atoms with van der Waals surface area (Å²) in [7, 11) is 6.52. The molecule has 0 amide bonds. The van der Waals surface area contributed by atoms with Crippen molar-refractivity contribution in [2.45, 2.75) is 73.1 Å². The van der Waals surface area contributed by atoms with Crippen molar-refractivity contribution in [2.75, 3.05) is 60.7 Å². The smallest absolute Gasteiger partial charge is 0.218 e. The standard InChI is InChI=1S/C39H62N4O3S/c1-13-16-18-32(14-2)23-30(6)28-47(44,45)43-22-17-19-33(26-43)27-46-39-34(15-3)24-35(25-37(42(11)12)38(39)40-8)36(29(4)5)21-20-31(7)41(9)10/h13,19-21,23,25,32,35H,1,4,14-18,22,24,26-28H2,2-3,5-12H3/b30-23?,31-20?,36-21+,40-38?. The molecule has 0 saturated carbocycles. The predicted octanol–water partition coefficient (Wildman–Crippen LogP) is 8.07. The molecule has 7 nitrogen and oxygen atoms in total. The molecule has 262 valence electrons. The molecule has 2 unspecified atom stereocenters. The lowest BCUT2D eigenvalue weighted by molar-refractivity contribution is 0.243. The van der Waals surface area contributed by atoms with E-state index in [0.29, 0.717) is 32.0 Å². The summed E-state index contributed by atoms with van der Waals surface area (Å²) in [6.07, 6.45) is 18.0. The van der Waals surface area contributed by atoms with Crippen molar-refractivity contribution >= 4 is 15.7 Å². The van der Waals surface area contributed by atoms with Crippen molar-refractivity contribution in [1.82, 2.24) is 14.1 Å². The van der Waals surface area contributed by atoms with Gasteiger partial charge in [-0.1, -0.05) is 62.0 Å². The SMILES string of the molecule is C=CCCC(C=C(C)CS(=O)(=O)N1CCC=C(COC2=C(CC)CC(/C(=C/C=C(C)N(C)C)C(=C)C)C=C(N(C)C)C2=NC)C1)CC. The molecule has 0 bridgehead atoms. The van der Waals surface area contributed by atoms with Crippen LogP contribution in [-0.4, -0.2) is 88.9 Å². The monoisotopic (exact) mass is 666 g/mol. The van der Waals surface area contributed by atoms with Crippen molar-refractivity contribution in [3.63, 3.8) is 0 Å². The van der Waals surface area contributed by atoms with Gasteiger partial charge in [0.05, 0.1) is 11.4 Å². The molecule has 0 N–H and O–H groups in total. The summed E-state index contributed by atoms with van der Waals surface area (Å²) in [6, 6.07) is 0. The van der Waals surface area contributed by atoms with Gasteiger partial charge < -0.3 is 14.5 Å². The fourth-order valence-corrected chi connectivity index (χ4v) is 7.62. The van der Waals surface area contributed by atoms with Crippen LogP contribution in [0.2, 0.25) is 0 Å². The van der Waals surface area contributed by atoms with E-state index in [1.54, 1.807) is 4.31 Å². The van der Waals surface area contributed by atoms with E-state index in [2.05, 4.69) is 81.0 Å². The van der Waals surface area contributed by atoms with Gasteiger partial charge in [0.2, 0.25) is 10.0 Å². The molecule has 2 aliphatic rings. The second-order valence-electron chi connectivity index (χ2n) is 13.3. The summed E-state index contributed by atoms with van der Waals surface area (Å²) in [5, 5.41) is 0. The average Bonchev–Trinajstić information content (AvgIpc) is 3.18. The molecule has 0 aromatic heterocycles. The van der Waals surface area contributed by atoms with E-state index in [0.717, 1.165) is 71.7 Å². The van der Waals surface area contributed by atoms with Gasteiger partial charge in [-0.05, 0) is 88.0 Å². The molecule has 47 heavy (non-hydrogen) atoms. The van der Waals surface area contributed by atoms with E-state index < -0.39 is 10.0 Å². The number of ether oxygens (including phenoxy) is 1. The van der Waals surface area contributed by atoms with E-state index >= 15 is 0 Å². The third-order valence-electron chi connectivity index (χ3n) is 9.02. The Bertz CT molecular complexity index is 1440. The fourth-order valence-electron chi connectivity index (χ4n) is 6.02. The summed E-state index contributed by atoms with van der Waals surface area (Å²) < 4.78 is 35.3. The van der Waals surface area contributed by atoms with Crippen molar-refractivity contribution < 1.29 is 13.2 Å². The average molecular weight is 667 g/mol. The summed E-state index contributed by atoms with van der Waals surface area (Å²) in [6.45, 7) is 19.7. The highest BCUT2D eigenvalue weighted by molar-refractivity contribution is 7.89. The third kappa shape index (κ3) is 11.8. The summed E-state index contributed by atoms with van der Waals surface area (Å²) in [5.41, 5.74) is 8.26. The minimum Gasteiger partial charge on any atom is -0.487 e. The van der Waals surface area contributed by atoms with Gasteiger partial charge >= 0.3 is 0 Å². The van der Waals surface area contributed by atoms with E-state index in [-0.39, 0.29) is 11.7 Å². The Balaban J connectivity index is 2.36. The molecule has 0 saturated heterocycles. The van der Waals surface area contributed by atoms with Crippen molar-refractivity contribution in [2.24, 2.45) is 16.8 Å². The zero-order valence-corrected chi connectivity index (χ0v) is 31.8. The Kier molecular flexibility index (Phi) is 16.2. The molecule has 0 spiro atoms. The maximum Gasteiger partial charge on any atom is 0.218 e. The number of hydrogen-bond donors (Lipinski definition) is 0. The van der Waals surface area contributed by atoms with Gasteiger partial charge in [-0.25, -0.2) is 8.42 Å². The van der Waals surface area contributed by atoms with Gasteiger partial charge in [0.25, 0.3) is 0 Å². The quantitative estimate of drug-likeness (QED) is 0.116. The minimum absolute atomic E-state index is 0.0453. The van der Waals surface area contributed by atoms with Crippen LogP contribution >= 0.6 is 0 Å². The number of nitrogens with zero attached hydrogens (tertiary/aromatic N) is 4. The summed E-state index contributed by atoms with van der Waals surface area (Å²) in [5.74, 6) is 1.30. The number of sulfonamides is 1. The van der Waals surface area contributed by atoms with Crippen LogP contribution in [0.4, 0.5) is 0 Å². The normalized spacial score (nSPS) is 20.4. The zero-order valence-electron chi connectivity index (χ0n) is 31.0. The van der Waals surface area contributed by atoms with Crippen LogP contribution in [0.15, 0.2) is 99.6 Å². The van der Waals surface area contributed by atoms with Crippen molar-refractivity contribution in [1.29, 1.82) is 0 Å². The molecule has 0 aromatic carbocycles. The maximum absolute atomic E-state index is 13.5. The van der Waals surface area contributed by atoms with Crippen LogP contribution in [0, 0.1) is 11.8 Å². The topological polar surface area (TPSA) is 65.5 Å². The molecule has 1 aliphatic heterocycles. The Morgan fingerprint density at radius 2 is 1.87 bits per heavy atom. The van der Waals surface area contributed by atoms with Gasteiger partial charge in [-0.15, -0.1) is 6.58 Å². The first kappa shape index (κ1) is 40.1. The molecule has 0 radical (unpaired) electrons. The van der Waals surface area contributed by atoms with Crippen LogP contribution in [0.25, 0.3) is 0 Å². The van der Waals surface area contributed by atoms with E-state index in [4.69, 9.17) is 9.73 Å². The molecule has 1 heterocycles. The van der Waals surface area contributed by atoms with E-state index in [9.17, 15) is 8.42 Å². The highest BCUT2D eigenvalue weighted by atomic mass is 32.2. The van der Waals surface area contributed by atoms with E-state index in [1.165, 1.54) is 11.1 Å². The minimum atomic E-state index is -3.46. The molecule has 2 rings (SSSR count). The highest BCUT2D eigenvalue weighted by Gasteiger charge is 2.30. The fraction of sp³-hybridized carbons (Fsp3) is 0.564. The Labute approximate surface area is 287 Å². The van der Waals surface area contributed by atoms with Gasteiger partial charge in [-0.3, -0.25) is 4.99 Å². The van der Waals surface area contributed by atoms with Crippen molar-refractivity contribution in [3.8, 4) is 0 Å². The number of aliphatic imine (C=N–C) groups is 1. The number of allylic oxidation sites excluding steroid dienone is 9. The summed E-state index contributed by atoms with van der Waals surface area (Å²) >= 11 is 0. The molecular formula is C39H62N4O3S. The Hall–Kier alpha value is -3.10. The first-order valence-electron chi connectivity index (χ1n) is 17.1. The third-order valence-corrected chi connectivity index (χ3v) is 10.9. The lowest BCUT2D eigenvalue weighted by Crippen LogP contribution is -2.38. The van der Waals surface area contributed by atoms with Gasteiger partial charge in [0.1, 0.15) is 18.1 Å². The molecule has 2 atom stereocenters. The summed E-state index contributed by atoms with van der Waals surface area (Å²) in [4.78, 5) is 8.95. The number of rotatable bonds is 17. The van der Waals surface area contributed by atoms with Crippen LogP contribution in [-0.2, 0) is 14.8 Å². The van der Waals surface area contributed by atoms with Crippen LogP contribution in [0.5, 0.6) is 0 Å². The van der Waals surface area contributed by atoms with Gasteiger partial charge in [0.15, 0.2) is 0 Å². The molecular weight excluding hydrogens is 605 g/mol. The van der Waals surface area contributed by atoms with Crippen LogP contribution < -0.4 is 0 Å². The second-order valence-corrected chi connectivity index (χ2v) is 15.3. The zero-order chi connectivity index (χ0) is 35.3. The Morgan fingerprint density at radius 3 is 2.43 bits per heavy atom. The van der Waals surface area contributed by atoms with Crippen LogP contribution in [0.1, 0.15) is 73.1 Å². The molecule has 0 fully saturated rings. The maximum atomic E-state index is 13.5. The first-order valence-corrected chi connectivity index (χ1v) is 18.7. The van der Waals surface area contributed by atoms with E-state index in [1.807, 2.05) is 48.2 Å². The highest BCUT2D eigenvalue weighted by Crippen LogP contribution is 2.35. The van der Waals surface area contributed by atoms with Crippen LogP contribution in [0.3, 0.4) is 0 Å². The molecule has 8 heteroatoms. The lowest BCUT2D eigenvalue weighted by atomic mass is 9.87. The second kappa shape index (κ2) is 19.0. The van der Waals surface area contributed by atoms with Gasteiger partial charge in [-0.2, -0.15) is 4.31 Å². The molecule has 0 aromatic rings. The molecule has 1 aliphatic carbocycles. The first-order chi connectivity index (χ1) is 22.2. The Morgan fingerprint density at radius 1 is 1.17 bits per heavy atom. The largest absolute Gasteiger partial charge is 0.487 e.